The summed E-state index contributed by atoms with van der Waals surface area (Å²) in [7, 11) is 0. The van der Waals surface area contributed by atoms with Crippen molar-refractivity contribution in [2.75, 3.05) is 13.2 Å². The van der Waals surface area contributed by atoms with E-state index >= 15 is 0 Å². The van der Waals surface area contributed by atoms with Crippen LogP contribution >= 0.6 is 0 Å². The Hall–Kier alpha value is -1.32. The molecule has 0 saturated heterocycles. The molecule has 0 heterocycles. The van der Waals surface area contributed by atoms with Gasteiger partial charge < -0.3 is 9.47 Å². The van der Waals surface area contributed by atoms with Gasteiger partial charge in [0.1, 0.15) is 0 Å². The molecule has 0 aliphatic rings. The average molecular weight is 256 g/mol. The number of rotatable bonds is 9. The van der Waals surface area contributed by atoms with Crippen LogP contribution in [0.3, 0.4) is 0 Å². The van der Waals surface area contributed by atoms with Crippen molar-refractivity contribution in [2.45, 2.75) is 52.9 Å². The molecule has 0 aromatic rings. The van der Waals surface area contributed by atoms with Crippen LogP contribution in [0.25, 0.3) is 0 Å². The first kappa shape index (κ1) is 16.7. The smallest absolute Gasteiger partial charge is 0.334 e. The lowest BCUT2D eigenvalue weighted by Crippen LogP contribution is -2.11. The lowest BCUT2D eigenvalue weighted by molar-refractivity contribution is -0.141. The summed E-state index contributed by atoms with van der Waals surface area (Å²) in [5.74, 6) is -0.891. The molecule has 4 nitrogen and oxygen atoms in total. The highest BCUT2D eigenvalue weighted by Gasteiger charge is 2.12. The summed E-state index contributed by atoms with van der Waals surface area (Å²) in [6.45, 7) is 6.23. The van der Waals surface area contributed by atoms with Gasteiger partial charge in [-0.3, -0.25) is 0 Å². The lowest BCUT2D eigenvalue weighted by Gasteiger charge is -2.07. The summed E-state index contributed by atoms with van der Waals surface area (Å²) in [5, 5.41) is 0. The predicted molar refractivity (Wildman–Crippen MR) is 70.1 cm³/mol. The number of ether oxygens (including phenoxy) is 2. The first-order valence-electron chi connectivity index (χ1n) is 6.70. The van der Waals surface area contributed by atoms with Gasteiger partial charge in [0.25, 0.3) is 0 Å². The zero-order valence-corrected chi connectivity index (χ0v) is 11.7. The Morgan fingerprint density at radius 1 is 0.944 bits per heavy atom. The summed E-state index contributed by atoms with van der Waals surface area (Å²) in [4.78, 5) is 23.0. The second kappa shape index (κ2) is 10.8. The molecule has 0 unspecified atom stereocenters. The highest BCUT2D eigenvalue weighted by molar-refractivity contribution is 5.96. The Morgan fingerprint density at radius 2 is 1.61 bits per heavy atom. The van der Waals surface area contributed by atoms with Crippen molar-refractivity contribution in [3.8, 4) is 0 Å². The highest BCUT2D eigenvalue weighted by atomic mass is 16.5. The van der Waals surface area contributed by atoms with Crippen molar-refractivity contribution >= 4 is 11.9 Å². The van der Waals surface area contributed by atoms with Crippen molar-refractivity contribution in [2.24, 2.45) is 0 Å². The molecule has 0 aromatic heterocycles. The van der Waals surface area contributed by atoms with E-state index in [0.29, 0.717) is 25.2 Å². The second-order valence-corrected chi connectivity index (χ2v) is 3.95. The summed E-state index contributed by atoms with van der Waals surface area (Å²) in [6.07, 6.45) is 6.03. The Kier molecular flexibility index (Phi) is 10.0. The molecule has 0 amide bonds. The van der Waals surface area contributed by atoms with E-state index in [1.165, 1.54) is 6.08 Å². The molecule has 0 saturated carbocycles. The highest BCUT2D eigenvalue weighted by Crippen LogP contribution is 2.12. The van der Waals surface area contributed by atoms with Crippen molar-refractivity contribution in [1.82, 2.24) is 0 Å². The minimum absolute atomic E-state index is 0.307. The van der Waals surface area contributed by atoms with Gasteiger partial charge in [0.2, 0.25) is 0 Å². The van der Waals surface area contributed by atoms with Crippen LogP contribution in [0.5, 0.6) is 0 Å². The standard InChI is InChI=1S/C14H24O4/c1-4-7-8-9-10-12(14(16)18-6-3)11-13(15)17-5-2/h11H,4-10H2,1-3H3/b12-11+. The van der Waals surface area contributed by atoms with Crippen molar-refractivity contribution in [3.05, 3.63) is 11.6 Å². The molecule has 104 valence electrons. The summed E-state index contributed by atoms with van der Waals surface area (Å²) in [5.41, 5.74) is 0.409. The second-order valence-electron chi connectivity index (χ2n) is 3.95. The van der Waals surface area contributed by atoms with Gasteiger partial charge >= 0.3 is 11.9 Å². The third-order valence-electron chi connectivity index (χ3n) is 2.42. The van der Waals surface area contributed by atoms with Gasteiger partial charge in [0.15, 0.2) is 0 Å². The predicted octanol–water partition coefficient (Wildman–Crippen LogP) is 3.01. The van der Waals surface area contributed by atoms with Crippen molar-refractivity contribution in [3.63, 3.8) is 0 Å². The van der Waals surface area contributed by atoms with Gasteiger partial charge in [0.05, 0.1) is 13.2 Å². The quantitative estimate of drug-likeness (QED) is 0.361. The Morgan fingerprint density at radius 3 is 2.17 bits per heavy atom. The number of hydrogen-bond donors (Lipinski definition) is 0. The fourth-order valence-corrected chi connectivity index (χ4v) is 1.53. The van der Waals surface area contributed by atoms with Crippen LogP contribution < -0.4 is 0 Å². The maximum atomic E-state index is 11.6. The van der Waals surface area contributed by atoms with E-state index in [-0.39, 0.29) is 0 Å². The minimum Gasteiger partial charge on any atom is -0.463 e. The first-order valence-corrected chi connectivity index (χ1v) is 6.70. The van der Waals surface area contributed by atoms with Crippen LogP contribution in [0.4, 0.5) is 0 Å². The fraction of sp³-hybridized carbons (Fsp3) is 0.714. The van der Waals surface area contributed by atoms with E-state index in [1.54, 1.807) is 13.8 Å². The van der Waals surface area contributed by atoms with Crippen LogP contribution in [-0.2, 0) is 19.1 Å². The minimum atomic E-state index is -0.476. The molecular formula is C14H24O4. The van der Waals surface area contributed by atoms with Crippen LogP contribution in [0, 0.1) is 0 Å². The van der Waals surface area contributed by atoms with Crippen LogP contribution in [0.2, 0.25) is 0 Å². The zero-order valence-electron chi connectivity index (χ0n) is 11.7. The summed E-state index contributed by atoms with van der Waals surface area (Å²) < 4.78 is 9.73. The van der Waals surface area contributed by atoms with E-state index in [4.69, 9.17) is 9.47 Å². The Balaban J connectivity index is 4.41. The topological polar surface area (TPSA) is 52.6 Å². The largest absolute Gasteiger partial charge is 0.463 e. The maximum absolute atomic E-state index is 11.6. The molecule has 0 rings (SSSR count). The molecular weight excluding hydrogens is 232 g/mol. The third kappa shape index (κ3) is 7.87. The molecule has 0 aliphatic heterocycles. The van der Waals surface area contributed by atoms with E-state index in [1.807, 2.05) is 0 Å². The lowest BCUT2D eigenvalue weighted by atomic mass is 10.1. The molecule has 0 radical (unpaired) electrons. The number of carbonyl (C=O) groups excluding carboxylic acids is 2. The van der Waals surface area contributed by atoms with E-state index in [0.717, 1.165) is 25.7 Å². The zero-order chi connectivity index (χ0) is 13.8. The SMILES string of the molecule is CCCCCC/C(=C\C(=O)OCC)C(=O)OCC. The first-order chi connectivity index (χ1) is 8.65. The van der Waals surface area contributed by atoms with Gasteiger partial charge in [-0.1, -0.05) is 26.2 Å². The number of carbonyl (C=O) groups is 2. The number of unbranched alkanes of at least 4 members (excludes halogenated alkanes) is 3. The number of hydrogen-bond acceptors (Lipinski definition) is 4. The Labute approximate surface area is 109 Å². The van der Waals surface area contributed by atoms with E-state index < -0.39 is 11.9 Å². The van der Waals surface area contributed by atoms with Gasteiger partial charge in [-0.2, -0.15) is 0 Å². The molecule has 18 heavy (non-hydrogen) atoms. The van der Waals surface area contributed by atoms with Gasteiger partial charge in [-0.05, 0) is 26.7 Å². The van der Waals surface area contributed by atoms with Crippen molar-refractivity contribution in [1.29, 1.82) is 0 Å². The van der Waals surface area contributed by atoms with E-state index in [2.05, 4.69) is 6.92 Å². The molecule has 4 heteroatoms. The molecule has 0 N–H and O–H groups in total. The van der Waals surface area contributed by atoms with Gasteiger partial charge in [-0.15, -0.1) is 0 Å². The van der Waals surface area contributed by atoms with Crippen LogP contribution in [0.1, 0.15) is 52.9 Å². The fourth-order valence-electron chi connectivity index (χ4n) is 1.53. The summed E-state index contributed by atoms with van der Waals surface area (Å²) >= 11 is 0. The van der Waals surface area contributed by atoms with E-state index in [9.17, 15) is 9.59 Å². The molecule has 0 atom stereocenters. The average Bonchev–Trinajstić information content (AvgIpc) is 2.33. The van der Waals surface area contributed by atoms with Gasteiger partial charge in [-0.25, -0.2) is 9.59 Å². The molecule has 0 aliphatic carbocycles. The normalized spacial score (nSPS) is 11.2. The Bertz CT molecular complexity index is 282. The summed E-state index contributed by atoms with van der Waals surface area (Å²) in [6, 6.07) is 0. The van der Waals surface area contributed by atoms with Crippen LogP contribution in [-0.4, -0.2) is 25.2 Å². The molecule has 0 fully saturated rings. The monoisotopic (exact) mass is 256 g/mol. The van der Waals surface area contributed by atoms with Crippen LogP contribution in [0.15, 0.2) is 11.6 Å². The third-order valence-corrected chi connectivity index (χ3v) is 2.42. The van der Waals surface area contributed by atoms with Gasteiger partial charge in [0, 0.05) is 11.6 Å². The molecule has 0 aromatic carbocycles. The maximum Gasteiger partial charge on any atom is 0.334 e. The number of esters is 2. The van der Waals surface area contributed by atoms with Crippen molar-refractivity contribution < 1.29 is 19.1 Å². The molecule has 0 spiro atoms. The molecule has 0 bridgehead atoms.